The van der Waals surface area contributed by atoms with Crippen LogP contribution in [0, 0.1) is 5.92 Å². The topological polar surface area (TPSA) is 35.5 Å². The van der Waals surface area contributed by atoms with E-state index in [0.29, 0.717) is 12.5 Å². The van der Waals surface area contributed by atoms with Gasteiger partial charge >= 0.3 is 0 Å². The van der Waals surface area contributed by atoms with E-state index in [2.05, 4.69) is 6.92 Å². The summed E-state index contributed by atoms with van der Waals surface area (Å²) in [6.45, 7) is 2.27. The van der Waals surface area contributed by atoms with Gasteiger partial charge in [0.25, 0.3) is 0 Å². The first-order valence-electron chi connectivity index (χ1n) is 5.91. The van der Waals surface area contributed by atoms with Crippen LogP contribution in [0.5, 0.6) is 0 Å². The van der Waals surface area contributed by atoms with Crippen LogP contribution in [0.2, 0.25) is 0 Å². The summed E-state index contributed by atoms with van der Waals surface area (Å²) in [5.74, 6) is 0.951. The van der Waals surface area contributed by atoms with Gasteiger partial charge in [0.2, 0.25) is 0 Å². The molecule has 0 spiro atoms. The summed E-state index contributed by atoms with van der Waals surface area (Å²) in [4.78, 5) is 11.2. The Morgan fingerprint density at radius 3 is 2.73 bits per heavy atom. The molecular weight excluding hydrogens is 192 g/mol. The van der Waals surface area contributed by atoms with E-state index >= 15 is 0 Å². The van der Waals surface area contributed by atoms with Crippen LogP contribution >= 0.6 is 0 Å². The molecule has 2 fully saturated rings. The highest BCUT2D eigenvalue weighted by molar-refractivity contribution is 5.90. The van der Waals surface area contributed by atoms with Crippen molar-refractivity contribution >= 4 is 5.78 Å². The molecule has 2 rings (SSSR count). The number of Topliss-reactive ketones (excluding diaryl/α,β-unsaturated/α-hetero) is 1. The number of carbonyl (C=O) groups excluding carboxylic acids is 1. The fraction of sp³-hybridized carbons (Fsp3) is 0.917. The maximum atomic E-state index is 11.2. The van der Waals surface area contributed by atoms with Gasteiger partial charge in [-0.1, -0.05) is 19.8 Å². The van der Waals surface area contributed by atoms with E-state index in [1.165, 1.54) is 12.8 Å². The standard InChI is InChI=1S/C12H20O3/c1-8-4-3-5-9(6-8)15-11-7-10(13)12(11)14-2/h8-9,11-12H,3-7H2,1-2H3. The van der Waals surface area contributed by atoms with E-state index < -0.39 is 0 Å². The Morgan fingerprint density at radius 1 is 1.33 bits per heavy atom. The molecule has 0 aromatic rings. The van der Waals surface area contributed by atoms with Crippen molar-refractivity contribution in [2.45, 2.75) is 57.3 Å². The molecule has 3 nitrogen and oxygen atoms in total. The van der Waals surface area contributed by atoms with Gasteiger partial charge in [0.15, 0.2) is 5.78 Å². The maximum absolute atomic E-state index is 11.2. The lowest BCUT2D eigenvalue weighted by atomic mass is 9.86. The minimum atomic E-state index is -0.290. The number of methoxy groups -OCH3 is 1. The van der Waals surface area contributed by atoms with Crippen molar-refractivity contribution in [1.82, 2.24) is 0 Å². The molecule has 86 valence electrons. The highest BCUT2D eigenvalue weighted by Gasteiger charge is 2.42. The van der Waals surface area contributed by atoms with Gasteiger partial charge in [-0.25, -0.2) is 0 Å². The molecule has 0 saturated heterocycles. The molecular formula is C12H20O3. The number of rotatable bonds is 3. The zero-order valence-electron chi connectivity index (χ0n) is 9.57. The van der Waals surface area contributed by atoms with Crippen molar-refractivity contribution in [1.29, 1.82) is 0 Å². The van der Waals surface area contributed by atoms with Crippen LogP contribution in [0.1, 0.15) is 39.0 Å². The third-order valence-electron chi connectivity index (χ3n) is 3.57. The highest BCUT2D eigenvalue weighted by atomic mass is 16.5. The summed E-state index contributed by atoms with van der Waals surface area (Å²) in [6.07, 6.45) is 5.49. The van der Waals surface area contributed by atoms with E-state index in [1.54, 1.807) is 7.11 Å². The maximum Gasteiger partial charge on any atom is 0.166 e. The Kier molecular flexibility index (Phi) is 3.42. The summed E-state index contributed by atoms with van der Waals surface area (Å²) in [5.41, 5.74) is 0. The predicted octanol–water partition coefficient (Wildman–Crippen LogP) is 1.94. The first kappa shape index (κ1) is 11.1. The Morgan fingerprint density at radius 2 is 2.13 bits per heavy atom. The summed E-state index contributed by atoms with van der Waals surface area (Å²) in [6, 6.07) is 0. The first-order chi connectivity index (χ1) is 7.20. The van der Waals surface area contributed by atoms with Crippen molar-refractivity contribution in [2.24, 2.45) is 5.92 Å². The highest BCUT2D eigenvalue weighted by Crippen LogP contribution is 2.31. The van der Waals surface area contributed by atoms with E-state index in [4.69, 9.17) is 9.47 Å². The largest absolute Gasteiger partial charge is 0.371 e. The van der Waals surface area contributed by atoms with Crippen molar-refractivity contribution in [3.63, 3.8) is 0 Å². The average Bonchev–Trinajstić information content (AvgIpc) is 2.17. The number of carbonyl (C=O) groups is 1. The van der Waals surface area contributed by atoms with Gasteiger partial charge in [-0.05, 0) is 18.8 Å². The molecule has 0 bridgehead atoms. The van der Waals surface area contributed by atoms with Crippen molar-refractivity contribution < 1.29 is 14.3 Å². The molecule has 0 radical (unpaired) electrons. The molecule has 0 N–H and O–H groups in total. The molecule has 15 heavy (non-hydrogen) atoms. The fourth-order valence-electron chi connectivity index (χ4n) is 2.62. The predicted molar refractivity (Wildman–Crippen MR) is 56.7 cm³/mol. The van der Waals surface area contributed by atoms with Crippen LogP contribution in [-0.4, -0.2) is 31.2 Å². The van der Waals surface area contributed by atoms with E-state index in [1.807, 2.05) is 0 Å². The van der Waals surface area contributed by atoms with Crippen LogP contribution in [-0.2, 0) is 14.3 Å². The van der Waals surface area contributed by atoms with E-state index in [9.17, 15) is 4.79 Å². The zero-order chi connectivity index (χ0) is 10.8. The lowest BCUT2D eigenvalue weighted by molar-refractivity contribution is -0.172. The molecule has 4 atom stereocenters. The van der Waals surface area contributed by atoms with Crippen molar-refractivity contribution in [3.05, 3.63) is 0 Å². The molecule has 0 aromatic heterocycles. The number of ether oxygens (including phenoxy) is 2. The Hall–Kier alpha value is -0.410. The van der Waals surface area contributed by atoms with Gasteiger partial charge in [0.1, 0.15) is 6.10 Å². The van der Waals surface area contributed by atoms with Gasteiger partial charge in [-0.2, -0.15) is 0 Å². The van der Waals surface area contributed by atoms with Gasteiger partial charge in [0, 0.05) is 13.5 Å². The summed E-state index contributed by atoms with van der Waals surface area (Å²) < 4.78 is 11.0. The molecule has 2 saturated carbocycles. The Balaban J connectivity index is 1.79. The minimum Gasteiger partial charge on any atom is -0.371 e. The third kappa shape index (κ3) is 2.40. The molecule has 0 aliphatic heterocycles. The zero-order valence-corrected chi connectivity index (χ0v) is 9.57. The number of ketones is 1. The Labute approximate surface area is 91.1 Å². The second-order valence-corrected chi connectivity index (χ2v) is 4.90. The summed E-state index contributed by atoms with van der Waals surface area (Å²) in [5, 5.41) is 0. The van der Waals surface area contributed by atoms with Crippen LogP contribution in [0.15, 0.2) is 0 Å². The monoisotopic (exact) mass is 212 g/mol. The average molecular weight is 212 g/mol. The third-order valence-corrected chi connectivity index (χ3v) is 3.57. The van der Waals surface area contributed by atoms with E-state index in [0.717, 1.165) is 18.8 Å². The smallest absolute Gasteiger partial charge is 0.166 e. The molecule has 0 heterocycles. The van der Waals surface area contributed by atoms with Gasteiger partial charge in [0.05, 0.1) is 12.2 Å². The van der Waals surface area contributed by atoms with E-state index in [-0.39, 0.29) is 18.0 Å². The van der Waals surface area contributed by atoms with Crippen molar-refractivity contribution in [3.8, 4) is 0 Å². The van der Waals surface area contributed by atoms with Gasteiger partial charge < -0.3 is 9.47 Å². The SMILES string of the molecule is COC1C(=O)CC1OC1CCCC(C)C1. The van der Waals surface area contributed by atoms with Crippen LogP contribution in [0.4, 0.5) is 0 Å². The van der Waals surface area contributed by atoms with Gasteiger partial charge in [-0.15, -0.1) is 0 Å². The fourth-order valence-corrected chi connectivity index (χ4v) is 2.62. The molecule has 2 aliphatic rings. The van der Waals surface area contributed by atoms with Gasteiger partial charge in [-0.3, -0.25) is 4.79 Å². The lowest BCUT2D eigenvalue weighted by Crippen LogP contribution is -2.51. The lowest BCUT2D eigenvalue weighted by Gasteiger charge is -2.38. The quantitative estimate of drug-likeness (QED) is 0.717. The second kappa shape index (κ2) is 4.62. The first-order valence-corrected chi connectivity index (χ1v) is 5.91. The second-order valence-electron chi connectivity index (χ2n) is 4.90. The van der Waals surface area contributed by atoms with Crippen LogP contribution in [0.25, 0.3) is 0 Å². The molecule has 0 amide bonds. The Bertz CT molecular complexity index is 239. The summed E-state index contributed by atoms with van der Waals surface area (Å²) >= 11 is 0. The summed E-state index contributed by atoms with van der Waals surface area (Å²) in [7, 11) is 1.58. The number of hydrogen-bond acceptors (Lipinski definition) is 3. The normalized spacial score (nSPS) is 41.3. The molecule has 0 aromatic carbocycles. The van der Waals surface area contributed by atoms with Crippen molar-refractivity contribution in [2.75, 3.05) is 7.11 Å². The molecule has 4 unspecified atom stereocenters. The van der Waals surface area contributed by atoms with Crippen LogP contribution in [0.3, 0.4) is 0 Å². The molecule has 3 heteroatoms. The molecule has 2 aliphatic carbocycles. The number of hydrogen-bond donors (Lipinski definition) is 0. The van der Waals surface area contributed by atoms with Crippen LogP contribution < -0.4 is 0 Å². The minimum absolute atomic E-state index is 0.0257.